The van der Waals surface area contributed by atoms with Crippen molar-refractivity contribution >= 4 is 28.8 Å². The van der Waals surface area contributed by atoms with Gasteiger partial charge in [-0.15, -0.1) is 0 Å². The van der Waals surface area contributed by atoms with E-state index in [1.54, 1.807) is 6.92 Å². The summed E-state index contributed by atoms with van der Waals surface area (Å²) in [6.45, 7) is 3.00. The van der Waals surface area contributed by atoms with Crippen molar-refractivity contribution in [3.05, 3.63) is 93.8 Å². The fourth-order valence-electron chi connectivity index (χ4n) is 4.58. The fraction of sp³-hybridized carbons (Fsp3) is 0.321. The Kier molecular flexibility index (Phi) is 9.43. The van der Waals surface area contributed by atoms with Crippen LogP contribution in [0, 0.1) is 0 Å². The van der Waals surface area contributed by atoms with Crippen LogP contribution in [0.15, 0.2) is 77.1 Å². The summed E-state index contributed by atoms with van der Waals surface area (Å²) in [5, 5.41) is 2.68. The molecule has 2 unspecified atom stereocenters. The molecule has 1 N–H and O–H groups in total. The molecule has 0 saturated heterocycles. The lowest BCUT2D eigenvalue weighted by Crippen LogP contribution is -2.34. The highest BCUT2D eigenvalue weighted by Gasteiger charge is 2.43. The molecule has 0 amide bonds. The molecule has 0 radical (unpaired) electrons. The van der Waals surface area contributed by atoms with Crippen LogP contribution in [-0.4, -0.2) is 31.3 Å². The Morgan fingerprint density at radius 3 is 2.11 bits per heavy atom. The monoisotopic (exact) mass is 547 g/mol. The standard InChI is InChI=1S/C28H28F3NO5S/c1-16-23(26(34)36-3)24(19-12-8-9-13-20(19)28(29,30)31)25(27(35)37-4)21(32-16)14-15-22(38-17(2)33)18-10-6-5-7-11-18/h5-13,22,24,32H,14-15H2,1-4H3. The first-order valence-electron chi connectivity index (χ1n) is 11.7. The van der Waals surface area contributed by atoms with Gasteiger partial charge in [0.25, 0.3) is 0 Å². The molecule has 0 aromatic heterocycles. The summed E-state index contributed by atoms with van der Waals surface area (Å²) in [5.41, 5.74) is -0.00911. The summed E-state index contributed by atoms with van der Waals surface area (Å²) >= 11 is 1.13. The number of carbonyl (C=O) groups is 3. The van der Waals surface area contributed by atoms with Crippen LogP contribution in [0.1, 0.15) is 54.5 Å². The first-order valence-corrected chi connectivity index (χ1v) is 12.6. The molecule has 2 aromatic rings. The van der Waals surface area contributed by atoms with Crippen LogP contribution in [0.2, 0.25) is 0 Å². The number of hydrogen-bond acceptors (Lipinski definition) is 7. The summed E-state index contributed by atoms with van der Waals surface area (Å²) in [5.74, 6) is -3.13. The second kappa shape index (κ2) is 12.3. The zero-order valence-electron chi connectivity index (χ0n) is 21.3. The summed E-state index contributed by atoms with van der Waals surface area (Å²) < 4.78 is 52.1. The van der Waals surface area contributed by atoms with E-state index in [1.165, 1.54) is 25.1 Å². The summed E-state index contributed by atoms with van der Waals surface area (Å²) in [4.78, 5) is 37.9. The number of halogens is 3. The SMILES string of the molecule is COC(=O)C1=C(C)NC(CCC(SC(C)=O)c2ccccc2)=C(C(=O)OC)C1c1ccccc1C(F)(F)F. The number of allylic oxidation sites excluding steroid dienone is 2. The largest absolute Gasteiger partial charge is 0.466 e. The van der Waals surface area contributed by atoms with Crippen molar-refractivity contribution in [2.24, 2.45) is 0 Å². The fourth-order valence-corrected chi connectivity index (χ4v) is 5.51. The number of methoxy groups -OCH3 is 2. The van der Waals surface area contributed by atoms with Crippen LogP contribution < -0.4 is 5.32 Å². The molecule has 1 aliphatic rings. The molecular weight excluding hydrogens is 519 g/mol. The maximum absolute atomic E-state index is 14.1. The first-order chi connectivity index (χ1) is 18.0. The van der Waals surface area contributed by atoms with Gasteiger partial charge in [0.15, 0.2) is 5.12 Å². The second-order valence-electron chi connectivity index (χ2n) is 8.60. The van der Waals surface area contributed by atoms with Gasteiger partial charge in [0.1, 0.15) is 0 Å². The van der Waals surface area contributed by atoms with Crippen molar-refractivity contribution in [2.45, 2.75) is 44.0 Å². The zero-order chi connectivity index (χ0) is 28.0. The highest BCUT2D eigenvalue weighted by atomic mass is 32.2. The van der Waals surface area contributed by atoms with Crippen LogP contribution in [0.25, 0.3) is 0 Å². The molecule has 3 rings (SSSR count). The van der Waals surface area contributed by atoms with Gasteiger partial charge in [0.2, 0.25) is 0 Å². The number of thioether (sulfide) groups is 1. The molecule has 2 aromatic carbocycles. The zero-order valence-corrected chi connectivity index (χ0v) is 22.2. The number of dihydropyridines is 1. The molecule has 1 heterocycles. The van der Waals surface area contributed by atoms with E-state index in [9.17, 15) is 27.6 Å². The molecule has 202 valence electrons. The predicted molar refractivity (Wildman–Crippen MR) is 138 cm³/mol. The Hall–Kier alpha value is -3.53. The third-order valence-corrected chi connectivity index (χ3v) is 7.29. The Morgan fingerprint density at radius 2 is 1.53 bits per heavy atom. The third kappa shape index (κ3) is 6.48. The first kappa shape index (κ1) is 29.0. The topological polar surface area (TPSA) is 81.7 Å². The number of alkyl halides is 3. The number of ether oxygens (including phenoxy) is 2. The molecule has 0 fully saturated rings. The van der Waals surface area contributed by atoms with Crippen molar-refractivity contribution in [3.63, 3.8) is 0 Å². The van der Waals surface area contributed by atoms with Crippen molar-refractivity contribution in [1.29, 1.82) is 0 Å². The molecule has 0 bridgehead atoms. The van der Waals surface area contributed by atoms with Crippen molar-refractivity contribution in [3.8, 4) is 0 Å². The molecule has 6 nitrogen and oxygen atoms in total. The average molecular weight is 548 g/mol. The molecule has 2 atom stereocenters. The molecule has 38 heavy (non-hydrogen) atoms. The van der Waals surface area contributed by atoms with Crippen LogP contribution in [-0.2, 0) is 30.0 Å². The molecule has 0 saturated carbocycles. The van der Waals surface area contributed by atoms with Gasteiger partial charge >= 0.3 is 18.1 Å². The molecule has 1 aliphatic heterocycles. The normalized spacial score (nSPS) is 16.6. The smallest absolute Gasteiger partial charge is 0.416 e. The summed E-state index contributed by atoms with van der Waals surface area (Å²) in [6.07, 6.45) is -4.17. The van der Waals surface area contributed by atoms with Gasteiger partial charge in [-0.2, -0.15) is 13.2 Å². The Labute approximate surface area is 223 Å². The summed E-state index contributed by atoms with van der Waals surface area (Å²) in [6, 6.07) is 14.1. The minimum atomic E-state index is -4.74. The van der Waals surface area contributed by atoms with Gasteiger partial charge in [0, 0.05) is 23.6 Å². The van der Waals surface area contributed by atoms with E-state index in [0.29, 0.717) is 12.1 Å². The van der Waals surface area contributed by atoms with Crippen molar-refractivity contribution in [2.75, 3.05) is 14.2 Å². The van der Waals surface area contributed by atoms with E-state index in [1.807, 2.05) is 30.3 Å². The van der Waals surface area contributed by atoms with Crippen LogP contribution in [0.5, 0.6) is 0 Å². The van der Waals surface area contributed by atoms with E-state index in [2.05, 4.69) is 5.32 Å². The highest BCUT2D eigenvalue weighted by Crippen LogP contribution is 2.45. The number of hydrogen-bond donors (Lipinski definition) is 1. The Bertz CT molecular complexity index is 1270. The number of carbonyl (C=O) groups excluding carboxylic acids is 3. The van der Waals surface area contributed by atoms with Gasteiger partial charge < -0.3 is 14.8 Å². The van der Waals surface area contributed by atoms with E-state index in [4.69, 9.17) is 9.47 Å². The van der Waals surface area contributed by atoms with Crippen LogP contribution in [0.4, 0.5) is 13.2 Å². The number of nitrogens with one attached hydrogen (secondary N) is 1. The van der Waals surface area contributed by atoms with E-state index in [-0.39, 0.29) is 39.2 Å². The number of benzene rings is 2. The highest BCUT2D eigenvalue weighted by molar-refractivity contribution is 8.13. The van der Waals surface area contributed by atoms with Gasteiger partial charge in [0.05, 0.1) is 36.8 Å². The maximum Gasteiger partial charge on any atom is 0.416 e. The Morgan fingerprint density at radius 1 is 0.947 bits per heavy atom. The van der Waals surface area contributed by atoms with Crippen molar-refractivity contribution in [1.82, 2.24) is 5.32 Å². The average Bonchev–Trinajstić information content (AvgIpc) is 2.89. The third-order valence-electron chi connectivity index (χ3n) is 6.17. The minimum Gasteiger partial charge on any atom is -0.466 e. The van der Waals surface area contributed by atoms with Crippen molar-refractivity contribution < 1.29 is 37.0 Å². The van der Waals surface area contributed by atoms with Crippen LogP contribution in [0.3, 0.4) is 0 Å². The molecule has 0 spiro atoms. The number of rotatable bonds is 8. The molecule has 0 aliphatic carbocycles. The summed E-state index contributed by atoms with van der Waals surface area (Å²) in [7, 11) is 2.25. The minimum absolute atomic E-state index is 0.0985. The lowest BCUT2D eigenvalue weighted by atomic mass is 9.77. The van der Waals surface area contributed by atoms with E-state index >= 15 is 0 Å². The lowest BCUT2D eigenvalue weighted by Gasteiger charge is -2.33. The maximum atomic E-state index is 14.1. The van der Waals surface area contributed by atoms with Gasteiger partial charge in [-0.1, -0.05) is 60.3 Å². The van der Waals surface area contributed by atoms with Gasteiger partial charge in [-0.3, -0.25) is 4.79 Å². The van der Waals surface area contributed by atoms with Gasteiger partial charge in [-0.25, -0.2) is 9.59 Å². The van der Waals surface area contributed by atoms with E-state index < -0.39 is 29.6 Å². The Balaban J connectivity index is 2.18. The van der Waals surface area contributed by atoms with Gasteiger partial charge in [-0.05, 0) is 37.0 Å². The van der Waals surface area contributed by atoms with E-state index in [0.717, 1.165) is 37.6 Å². The van der Waals surface area contributed by atoms with Crippen LogP contribution >= 0.6 is 11.8 Å². The quantitative estimate of drug-likeness (QED) is 0.402. The molecular formula is C28H28F3NO5S. The second-order valence-corrected chi connectivity index (χ2v) is 9.98. The number of esters is 2. The molecule has 10 heteroatoms. The predicted octanol–water partition coefficient (Wildman–Crippen LogP) is 6.07. The lowest BCUT2D eigenvalue weighted by molar-refractivity contribution is -0.140.